The number of hydrogen-bond donors (Lipinski definition) is 14. The standard InChI is InChI=1S/3C6H8O7.C3H8O2/c3*7-3(8)1-6(13,5(11)12)2-4(9)10;1-3(5)2-4/h3*13H,1-2H2,(H,7,8)(H,9,10)(H,11,12);3-5H,2H2,1H3. The van der Waals surface area contributed by atoms with Gasteiger partial charge in [0.15, 0.2) is 16.8 Å². The summed E-state index contributed by atoms with van der Waals surface area (Å²) in [6, 6.07) is 0. The first-order valence-electron chi connectivity index (χ1n) is 11.1. The zero-order valence-corrected chi connectivity index (χ0v) is 22.5. The molecule has 0 fully saturated rings. The van der Waals surface area contributed by atoms with Gasteiger partial charge in [0.25, 0.3) is 0 Å². The maximum Gasteiger partial charge on any atom is 0.336 e. The van der Waals surface area contributed by atoms with E-state index in [1.54, 1.807) is 0 Å². The van der Waals surface area contributed by atoms with Gasteiger partial charge < -0.3 is 71.5 Å². The van der Waals surface area contributed by atoms with E-state index in [0.29, 0.717) is 0 Å². The normalized spacial score (nSPS) is 11.3. The van der Waals surface area contributed by atoms with Crippen LogP contribution in [0.1, 0.15) is 45.4 Å². The van der Waals surface area contributed by atoms with E-state index >= 15 is 0 Å². The van der Waals surface area contributed by atoms with E-state index in [0.717, 1.165) is 0 Å². The topological polar surface area (TPSA) is 437 Å². The van der Waals surface area contributed by atoms with Gasteiger partial charge in [-0.1, -0.05) is 0 Å². The average molecular weight is 652 g/mol. The third-order valence-electron chi connectivity index (χ3n) is 4.12. The van der Waals surface area contributed by atoms with Gasteiger partial charge >= 0.3 is 53.7 Å². The molecule has 14 N–H and O–H groups in total. The molecule has 0 bridgehead atoms. The minimum Gasteiger partial charge on any atom is -0.481 e. The SMILES string of the molecule is CC(O)CO.O=C(O)CC(O)(CC(=O)O)C(=O)O.O=C(O)CC(O)(CC(=O)O)C(=O)O.O=C(O)CC(O)(CC(=O)O)C(=O)O. The van der Waals surface area contributed by atoms with Crippen LogP contribution in [0.3, 0.4) is 0 Å². The van der Waals surface area contributed by atoms with Crippen molar-refractivity contribution in [1.82, 2.24) is 0 Å². The Kier molecular flexibility index (Phi) is 21.8. The molecule has 0 aliphatic heterocycles. The van der Waals surface area contributed by atoms with Crippen molar-refractivity contribution in [2.45, 2.75) is 68.4 Å². The number of rotatable bonds is 16. The lowest BCUT2D eigenvalue weighted by Crippen LogP contribution is -2.42. The lowest BCUT2D eigenvalue weighted by molar-refractivity contribution is -0.170. The quantitative estimate of drug-likeness (QED) is 0.0748. The van der Waals surface area contributed by atoms with Crippen LogP contribution in [-0.2, 0) is 43.2 Å². The number of aliphatic hydroxyl groups excluding tert-OH is 2. The molecule has 0 radical (unpaired) electrons. The molecule has 0 amide bonds. The van der Waals surface area contributed by atoms with Gasteiger partial charge in [-0.05, 0) is 6.92 Å². The summed E-state index contributed by atoms with van der Waals surface area (Å²) >= 11 is 0. The first-order valence-corrected chi connectivity index (χ1v) is 11.1. The molecule has 254 valence electrons. The van der Waals surface area contributed by atoms with Crippen LogP contribution < -0.4 is 0 Å². The predicted octanol–water partition coefficient (Wildman–Crippen LogP) is -4.39. The Balaban J connectivity index is -0.000000253. The second kappa shape index (κ2) is 20.8. The summed E-state index contributed by atoms with van der Waals surface area (Å²) in [7, 11) is 0. The molecule has 0 saturated carbocycles. The summed E-state index contributed by atoms with van der Waals surface area (Å²) in [4.78, 5) is 91.5. The molecular formula is C21H32O23. The number of carboxylic acids is 9. The molecule has 0 aromatic heterocycles. The summed E-state index contributed by atoms with van der Waals surface area (Å²) in [5.74, 6) is -15.1. The molecule has 23 heteroatoms. The summed E-state index contributed by atoms with van der Waals surface area (Å²) in [5.41, 5.74) is -8.22. The number of aliphatic hydroxyl groups is 5. The second-order valence-corrected chi connectivity index (χ2v) is 8.46. The average Bonchev–Trinajstić information content (AvgIpc) is 2.76. The lowest BCUT2D eigenvalue weighted by atomic mass is 9.96. The van der Waals surface area contributed by atoms with Crippen molar-refractivity contribution >= 4 is 53.7 Å². The molecule has 1 atom stereocenters. The van der Waals surface area contributed by atoms with Gasteiger partial charge in [0.2, 0.25) is 0 Å². The molecule has 1 unspecified atom stereocenters. The highest BCUT2D eigenvalue weighted by molar-refractivity contribution is 5.89. The van der Waals surface area contributed by atoms with Gasteiger partial charge in [0.05, 0.1) is 51.2 Å². The molecule has 44 heavy (non-hydrogen) atoms. The first kappa shape index (κ1) is 46.0. The Morgan fingerprint density at radius 2 is 0.545 bits per heavy atom. The third kappa shape index (κ3) is 23.7. The van der Waals surface area contributed by atoms with E-state index in [2.05, 4.69) is 0 Å². The van der Waals surface area contributed by atoms with Gasteiger partial charge in [0, 0.05) is 0 Å². The monoisotopic (exact) mass is 652 g/mol. The van der Waals surface area contributed by atoms with Crippen LogP contribution in [0.4, 0.5) is 0 Å². The maximum atomic E-state index is 10.3. The van der Waals surface area contributed by atoms with Gasteiger partial charge in [-0.25, -0.2) is 14.4 Å². The molecule has 0 aliphatic rings. The van der Waals surface area contributed by atoms with Crippen LogP contribution in [0.15, 0.2) is 0 Å². The highest BCUT2D eigenvalue weighted by atomic mass is 16.4. The number of aliphatic carboxylic acids is 9. The van der Waals surface area contributed by atoms with Crippen molar-refractivity contribution in [1.29, 1.82) is 0 Å². The Bertz CT molecular complexity index is 871. The molecule has 0 rings (SSSR count). The molecule has 0 saturated heterocycles. The zero-order valence-electron chi connectivity index (χ0n) is 22.5. The van der Waals surface area contributed by atoms with Crippen molar-refractivity contribution in [2.75, 3.05) is 6.61 Å². The zero-order chi connectivity index (χ0) is 36.2. The van der Waals surface area contributed by atoms with Crippen molar-refractivity contribution in [2.24, 2.45) is 0 Å². The fourth-order valence-corrected chi connectivity index (χ4v) is 2.14. The predicted molar refractivity (Wildman–Crippen MR) is 130 cm³/mol. The van der Waals surface area contributed by atoms with Crippen LogP contribution in [0.5, 0.6) is 0 Å². The van der Waals surface area contributed by atoms with Crippen molar-refractivity contribution in [3.8, 4) is 0 Å². The summed E-state index contributed by atoms with van der Waals surface area (Å²) < 4.78 is 0. The van der Waals surface area contributed by atoms with Gasteiger partial charge in [-0.15, -0.1) is 0 Å². The van der Waals surface area contributed by atoms with E-state index in [1.165, 1.54) is 6.92 Å². The van der Waals surface area contributed by atoms with Gasteiger partial charge in [0.1, 0.15) is 0 Å². The Labute approximate surface area is 244 Å². The molecule has 0 spiro atoms. The van der Waals surface area contributed by atoms with Crippen LogP contribution in [0.2, 0.25) is 0 Å². The molecule has 0 heterocycles. The third-order valence-corrected chi connectivity index (χ3v) is 4.12. The largest absolute Gasteiger partial charge is 0.481 e. The van der Waals surface area contributed by atoms with Crippen molar-refractivity contribution in [3.05, 3.63) is 0 Å². The first-order chi connectivity index (χ1) is 19.6. The van der Waals surface area contributed by atoms with E-state index in [-0.39, 0.29) is 6.61 Å². The minimum absolute atomic E-state index is 0.139. The van der Waals surface area contributed by atoms with Crippen LogP contribution >= 0.6 is 0 Å². The highest BCUT2D eigenvalue weighted by Crippen LogP contribution is 2.17. The fraction of sp³-hybridized carbons (Fsp3) is 0.571. The summed E-state index contributed by atoms with van der Waals surface area (Å²) in [6.45, 7) is 1.39. The Morgan fingerprint density at radius 3 is 0.591 bits per heavy atom. The molecule has 0 aliphatic carbocycles. The van der Waals surface area contributed by atoms with E-state index < -0.39 is 115 Å². The van der Waals surface area contributed by atoms with Crippen LogP contribution in [-0.4, -0.2) is 155 Å². The van der Waals surface area contributed by atoms with Crippen molar-refractivity contribution in [3.63, 3.8) is 0 Å². The van der Waals surface area contributed by atoms with Crippen molar-refractivity contribution < 1.29 is 115 Å². The second-order valence-electron chi connectivity index (χ2n) is 8.46. The van der Waals surface area contributed by atoms with Gasteiger partial charge in [-0.3, -0.25) is 28.8 Å². The molecule has 23 nitrogen and oxygen atoms in total. The Morgan fingerprint density at radius 1 is 0.432 bits per heavy atom. The van der Waals surface area contributed by atoms with E-state index in [4.69, 9.17) is 71.5 Å². The number of carboxylic acid groups (broad SMARTS) is 9. The Hall–Kier alpha value is -4.97. The molecule has 0 aromatic carbocycles. The smallest absolute Gasteiger partial charge is 0.336 e. The van der Waals surface area contributed by atoms with Gasteiger partial charge in [-0.2, -0.15) is 0 Å². The fourth-order valence-electron chi connectivity index (χ4n) is 2.14. The minimum atomic E-state index is -2.74. The van der Waals surface area contributed by atoms with E-state index in [1.807, 2.05) is 0 Å². The summed E-state index contributed by atoms with van der Waals surface area (Å²) in [5, 5.41) is 117. The lowest BCUT2D eigenvalue weighted by Gasteiger charge is -2.18. The maximum absolute atomic E-state index is 10.3. The molecule has 0 aromatic rings. The molecular weight excluding hydrogens is 620 g/mol. The van der Waals surface area contributed by atoms with E-state index in [9.17, 15) is 43.2 Å². The van der Waals surface area contributed by atoms with Crippen LogP contribution in [0.25, 0.3) is 0 Å². The summed E-state index contributed by atoms with van der Waals surface area (Å²) in [6.07, 6.45) is -7.43. The van der Waals surface area contributed by atoms with Crippen LogP contribution in [0, 0.1) is 0 Å². The number of hydrogen-bond acceptors (Lipinski definition) is 14. The highest BCUT2D eigenvalue weighted by Gasteiger charge is 2.42. The number of carbonyl (C=O) groups is 9.